The monoisotopic (exact) mass is 384 g/mol. The van der Waals surface area contributed by atoms with Crippen LogP contribution in [0.4, 0.5) is 0 Å². The molecular formula is C24H32O4. The third kappa shape index (κ3) is 7.71. The first kappa shape index (κ1) is 21.9. The zero-order valence-corrected chi connectivity index (χ0v) is 17.1. The van der Waals surface area contributed by atoms with Gasteiger partial charge in [-0.15, -0.1) is 0 Å². The minimum Gasteiger partial charge on any atom is -0.463 e. The summed E-state index contributed by atoms with van der Waals surface area (Å²) in [7, 11) is 0. The summed E-state index contributed by atoms with van der Waals surface area (Å²) in [5.74, 6) is 0.790. The Morgan fingerprint density at radius 1 is 1.04 bits per heavy atom. The van der Waals surface area contributed by atoms with Crippen LogP contribution >= 0.6 is 0 Å². The number of hydrogen-bond acceptors (Lipinski definition) is 4. The molecular weight excluding hydrogens is 352 g/mol. The third-order valence-corrected chi connectivity index (χ3v) is 5.20. The van der Waals surface area contributed by atoms with Crippen LogP contribution in [0.25, 0.3) is 6.08 Å². The molecule has 0 unspecified atom stereocenters. The number of carbonyl (C=O) groups is 2. The van der Waals surface area contributed by atoms with Crippen LogP contribution in [0.1, 0.15) is 69.4 Å². The molecule has 0 amide bonds. The molecule has 1 fully saturated rings. The van der Waals surface area contributed by atoms with Gasteiger partial charge in [0, 0.05) is 11.6 Å². The van der Waals surface area contributed by atoms with E-state index in [9.17, 15) is 9.59 Å². The van der Waals surface area contributed by atoms with Crippen molar-refractivity contribution in [3.05, 3.63) is 53.6 Å². The van der Waals surface area contributed by atoms with Crippen LogP contribution in [0.3, 0.4) is 0 Å². The summed E-state index contributed by atoms with van der Waals surface area (Å²) in [5.41, 5.74) is 2.79. The molecule has 0 N–H and O–H groups in total. The van der Waals surface area contributed by atoms with Crippen LogP contribution in [-0.2, 0) is 19.1 Å². The Kier molecular flexibility index (Phi) is 8.99. The molecule has 0 aliphatic heterocycles. The van der Waals surface area contributed by atoms with E-state index in [2.05, 4.69) is 37.8 Å². The topological polar surface area (TPSA) is 52.6 Å². The van der Waals surface area contributed by atoms with Gasteiger partial charge in [0.15, 0.2) is 0 Å². The Hall–Kier alpha value is -2.36. The van der Waals surface area contributed by atoms with Crippen molar-refractivity contribution in [3.63, 3.8) is 0 Å². The van der Waals surface area contributed by atoms with E-state index in [1.165, 1.54) is 37.3 Å². The molecule has 4 nitrogen and oxygen atoms in total. The zero-order valence-electron chi connectivity index (χ0n) is 17.1. The lowest BCUT2D eigenvalue weighted by molar-refractivity contribution is -0.140. The average Bonchev–Trinajstić information content (AvgIpc) is 2.69. The van der Waals surface area contributed by atoms with Gasteiger partial charge in [-0.25, -0.2) is 9.59 Å². The largest absolute Gasteiger partial charge is 0.463 e. The smallest absolute Gasteiger partial charge is 0.333 e. The molecule has 1 aromatic rings. The second-order valence-electron chi connectivity index (χ2n) is 7.75. The predicted molar refractivity (Wildman–Crippen MR) is 112 cm³/mol. The third-order valence-electron chi connectivity index (χ3n) is 5.20. The number of ether oxygens (including phenoxy) is 2. The summed E-state index contributed by atoms with van der Waals surface area (Å²) in [4.78, 5) is 23.0. The lowest BCUT2D eigenvalue weighted by Crippen LogP contribution is -2.10. The van der Waals surface area contributed by atoms with Crippen molar-refractivity contribution in [1.82, 2.24) is 0 Å². The van der Waals surface area contributed by atoms with Crippen molar-refractivity contribution < 1.29 is 19.1 Å². The molecule has 0 spiro atoms. The van der Waals surface area contributed by atoms with Crippen LogP contribution < -0.4 is 0 Å². The molecule has 1 aromatic carbocycles. The van der Waals surface area contributed by atoms with Gasteiger partial charge in [-0.1, -0.05) is 50.6 Å². The molecule has 0 atom stereocenters. The number of rotatable bonds is 9. The number of carbonyl (C=O) groups excluding carboxylic acids is 2. The van der Waals surface area contributed by atoms with E-state index in [-0.39, 0.29) is 11.9 Å². The van der Waals surface area contributed by atoms with Gasteiger partial charge in [0.25, 0.3) is 0 Å². The van der Waals surface area contributed by atoms with Crippen LogP contribution in [0.15, 0.2) is 42.5 Å². The Bertz CT molecular complexity index is 679. The molecule has 1 aliphatic rings. The van der Waals surface area contributed by atoms with E-state index >= 15 is 0 Å². The van der Waals surface area contributed by atoms with E-state index in [1.807, 2.05) is 0 Å². The molecule has 1 saturated carbocycles. The standard InChI is InChI=1S/C24H32O4/c1-18(2)24(26)28-17-5-4-16-27-23(25)15-10-20-8-13-22(14-9-20)21-11-6-19(3)7-12-21/h8-10,13-15,19,21H,1,4-7,11-12,16-17H2,2-3H3/b15-10+. The van der Waals surface area contributed by atoms with E-state index in [0.717, 1.165) is 11.5 Å². The van der Waals surface area contributed by atoms with E-state index in [4.69, 9.17) is 9.47 Å². The van der Waals surface area contributed by atoms with E-state index in [1.54, 1.807) is 13.0 Å². The quantitative estimate of drug-likeness (QED) is 0.323. The molecule has 4 heteroatoms. The SMILES string of the molecule is C=C(C)C(=O)OCCCCOC(=O)/C=C/c1ccc(C2CCC(C)CC2)cc1. The minimum atomic E-state index is -0.385. The van der Waals surface area contributed by atoms with Gasteiger partial charge in [0.2, 0.25) is 0 Å². The summed E-state index contributed by atoms with van der Waals surface area (Å²) in [6.45, 7) is 8.09. The maximum atomic E-state index is 11.8. The highest BCUT2D eigenvalue weighted by atomic mass is 16.5. The van der Waals surface area contributed by atoms with Gasteiger partial charge in [0.05, 0.1) is 13.2 Å². The highest BCUT2D eigenvalue weighted by Gasteiger charge is 2.19. The first-order valence-electron chi connectivity index (χ1n) is 10.2. The highest BCUT2D eigenvalue weighted by Crippen LogP contribution is 2.35. The van der Waals surface area contributed by atoms with Crippen LogP contribution in [0.5, 0.6) is 0 Å². The Balaban J connectivity index is 1.65. The maximum absolute atomic E-state index is 11.8. The summed E-state index contributed by atoms with van der Waals surface area (Å²) >= 11 is 0. The average molecular weight is 385 g/mol. The van der Waals surface area contributed by atoms with Crippen molar-refractivity contribution in [1.29, 1.82) is 0 Å². The summed E-state index contributed by atoms with van der Waals surface area (Å²) in [5, 5.41) is 0. The number of esters is 2. The fourth-order valence-electron chi connectivity index (χ4n) is 3.35. The molecule has 0 aromatic heterocycles. The lowest BCUT2D eigenvalue weighted by atomic mass is 9.79. The van der Waals surface area contributed by atoms with Crippen molar-refractivity contribution in [3.8, 4) is 0 Å². The molecule has 0 saturated heterocycles. The zero-order chi connectivity index (χ0) is 20.4. The van der Waals surface area contributed by atoms with E-state index in [0.29, 0.717) is 37.5 Å². The Morgan fingerprint density at radius 3 is 2.25 bits per heavy atom. The van der Waals surface area contributed by atoms with Crippen molar-refractivity contribution in [2.24, 2.45) is 5.92 Å². The second-order valence-corrected chi connectivity index (χ2v) is 7.75. The molecule has 0 heterocycles. The molecule has 28 heavy (non-hydrogen) atoms. The minimum absolute atomic E-state index is 0.311. The summed E-state index contributed by atoms with van der Waals surface area (Å²) < 4.78 is 10.1. The van der Waals surface area contributed by atoms with Crippen molar-refractivity contribution in [2.45, 2.75) is 58.3 Å². The lowest BCUT2D eigenvalue weighted by Gasteiger charge is -2.26. The fraction of sp³-hybridized carbons (Fsp3) is 0.500. The second kappa shape index (κ2) is 11.5. The summed E-state index contributed by atoms with van der Waals surface area (Å²) in [6.07, 6.45) is 9.71. The maximum Gasteiger partial charge on any atom is 0.333 e. The predicted octanol–water partition coefficient (Wildman–Crippen LogP) is 5.44. The van der Waals surface area contributed by atoms with Crippen LogP contribution in [0, 0.1) is 5.92 Å². The fourth-order valence-corrected chi connectivity index (χ4v) is 3.35. The van der Waals surface area contributed by atoms with Crippen LogP contribution in [0.2, 0.25) is 0 Å². The number of hydrogen-bond donors (Lipinski definition) is 0. The molecule has 2 rings (SSSR count). The normalized spacial score (nSPS) is 19.4. The van der Waals surface area contributed by atoms with Crippen molar-refractivity contribution in [2.75, 3.05) is 13.2 Å². The van der Waals surface area contributed by atoms with Gasteiger partial charge in [-0.2, -0.15) is 0 Å². The first-order valence-corrected chi connectivity index (χ1v) is 10.2. The van der Waals surface area contributed by atoms with Gasteiger partial charge < -0.3 is 9.47 Å². The van der Waals surface area contributed by atoms with Gasteiger partial charge in [0.1, 0.15) is 0 Å². The van der Waals surface area contributed by atoms with Crippen LogP contribution in [-0.4, -0.2) is 25.2 Å². The number of benzene rings is 1. The number of unbranched alkanes of at least 4 members (excludes halogenated alkanes) is 1. The Morgan fingerprint density at radius 2 is 1.64 bits per heavy atom. The first-order chi connectivity index (χ1) is 13.5. The summed E-state index contributed by atoms with van der Waals surface area (Å²) in [6, 6.07) is 8.48. The van der Waals surface area contributed by atoms with E-state index < -0.39 is 0 Å². The Labute approximate surface area is 168 Å². The van der Waals surface area contributed by atoms with Crippen molar-refractivity contribution >= 4 is 18.0 Å². The molecule has 0 radical (unpaired) electrons. The van der Waals surface area contributed by atoms with Gasteiger partial charge >= 0.3 is 11.9 Å². The molecule has 0 bridgehead atoms. The van der Waals surface area contributed by atoms with Gasteiger partial charge in [-0.05, 0) is 61.6 Å². The van der Waals surface area contributed by atoms with Gasteiger partial charge in [-0.3, -0.25) is 0 Å². The molecule has 1 aliphatic carbocycles. The highest BCUT2D eigenvalue weighted by molar-refractivity contribution is 5.87. The molecule has 152 valence electrons.